The van der Waals surface area contributed by atoms with Crippen LogP contribution >= 0.6 is 0 Å². The van der Waals surface area contributed by atoms with Crippen molar-refractivity contribution in [3.05, 3.63) is 35.4 Å². The monoisotopic (exact) mass is 372 g/mol. The van der Waals surface area contributed by atoms with Crippen molar-refractivity contribution in [2.45, 2.75) is 52.0 Å². The zero-order chi connectivity index (χ0) is 19.1. The number of benzene rings is 1. The van der Waals surface area contributed by atoms with E-state index in [4.69, 9.17) is 9.47 Å². The Bertz CT molecular complexity index is 714. The van der Waals surface area contributed by atoms with Gasteiger partial charge in [0.25, 0.3) is 0 Å². The SMILES string of the molecule is CC(=O)N(CCC(=O)NCc1ccc2c(c1)OCO2)CCC1=CCCCC1. The van der Waals surface area contributed by atoms with Crippen LogP contribution in [0.5, 0.6) is 11.5 Å². The second kappa shape index (κ2) is 9.44. The van der Waals surface area contributed by atoms with E-state index in [1.807, 2.05) is 18.2 Å². The lowest BCUT2D eigenvalue weighted by Gasteiger charge is -2.22. The molecule has 0 unspecified atom stereocenters. The Kier molecular flexibility index (Phi) is 6.74. The second-order valence-electron chi connectivity index (χ2n) is 7.08. The molecule has 6 heteroatoms. The van der Waals surface area contributed by atoms with E-state index in [0.29, 0.717) is 31.8 Å². The van der Waals surface area contributed by atoms with Gasteiger partial charge in [-0.3, -0.25) is 9.59 Å². The molecule has 1 aliphatic carbocycles. The number of allylic oxidation sites excluding steroid dienone is 1. The maximum Gasteiger partial charge on any atom is 0.231 e. The van der Waals surface area contributed by atoms with Crippen LogP contribution in [0.2, 0.25) is 0 Å². The number of hydrogen-bond donors (Lipinski definition) is 1. The fourth-order valence-corrected chi connectivity index (χ4v) is 3.41. The highest BCUT2D eigenvalue weighted by molar-refractivity contribution is 5.78. The average molecular weight is 372 g/mol. The highest BCUT2D eigenvalue weighted by atomic mass is 16.7. The third-order valence-electron chi connectivity index (χ3n) is 5.07. The summed E-state index contributed by atoms with van der Waals surface area (Å²) in [6, 6.07) is 5.64. The number of amides is 2. The lowest BCUT2D eigenvalue weighted by atomic mass is 9.97. The summed E-state index contributed by atoms with van der Waals surface area (Å²) in [7, 11) is 0. The molecule has 0 aromatic heterocycles. The molecule has 1 aromatic rings. The number of nitrogens with zero attached hydrogens (tertiary/aromatic N) is 1. The summed E-state index contributed by atoms with van der Waals surface area (Å²) in [4.78, 5) is 25.8. The van der Waals surface area contributed by atoms with Crippen molar-refractivity contribution in [3.8, 4) is 11.5 Å². The Morgan fingerprint density at radius 1 is 1.15 bits per heavy atom. The van der Waals surface area contributed by atoms with E-state index in [-0.39, 0.29) is 18.6 Å². The zero-order valence-corrected chi connectivity index (χ0v) is 16.0. The van der Waals surface area contributed by atoms with E-state index >= 15 is 0 Å². The molecule has 0 spiro atoms. The van der Waals surface area contributed by atoms with Crippen LogP contribution in [0.1, 0.15) is 51.0 Å². The molecule has 146 valence electrons. The number of rotatable bonds is 8. The third kappa shape index (κ3) is 5.74. The summed E-state index contributed by atoms with van der Waals surface area (Å²) >= 11 is 0. The van der Waals surface area contributed by atoms with Crippen LogP contribution < -0.4 is 14.8 Å². The number of carbonyl (C=O) groups excluding carboxylic acids is 2. The second-order valence-corrected chi connectivity index (χ2v) is 7.08. The highest BCUT2D eigenvalue weighted by Crippen LogP contribution is 2.32. The molecule has 27 heavy (non-hydrogen) atoms. The summed E-state index contributed by atoms with van der Waals surface area (Å²) in [6.45, 7) is 3.39. The van der Waals surface area contributed by atoms with Crippen molar-refractivity contribution >= 4 is 11.8 Å². The molecule has 0 saturated heterocycles. The van der Waals surface area contributed by atoms with Crippen LogP contribution in [0.4, 0.5) is 0 Å². The van der Waals surface area contributed by atoms with Gasteiger partial charge < -0.3 is 19.7 Å². The fourth-order valence-electron chi connectivity index (χ4n) is 3.41. The first-order valence-electron chi connectivity index (χ1n) is 9.70. The molecule has 0 fully saturated rings. The largest absolute Gasteiger partial charge is 0.454 e. The van der Waals surface area contributed by atoms with E-state index in [0.717, 1.165) is 30.6 Å². The van der Waals surface area contributed by atoms with Gasteiger partial charge in [0.1, 0.15) is 0 Å². The standard InChI is InChI=1S/C21H28N2O4/c1-16(24)23(11-9-17-5-3-2-4-6-17)12-10-21(25)22-14-18-7-8-19-20(13-18)27-15-26-19/h5,7-8,13H,2-4,6,9-12,14-15H2,1H3,(H,22,25). The van der Waals surface area contributed by atoms with E-state index in [1.165, 1.54) is 18.4 Å². The van der Waals surface area contributed by atoms with Gasteiger partial charge in [0.05, 0.1) is 0 Å². The first-order valence-corrected chi connectivity index (χ1v) is 9.70. The van der Waals surface area contributed by atoms with Gasteiger partial charge in [-0.15, -0.1) is 0 Å². The minimum atomic E-state index is -0.0594. The number of nitrogens with one attached hydrogen (secondary N) is 1. The Labute approximate surface area is 160 Å². The van der Waals surface area contributed by atoms with Crippen LogP contribution in [-0.4, -0.2) is 36.6 Å². The lowest BCUT2D eigenvalue weighted by molar-refractivity contribution is -0.129. The van der Waals surface area contributed by atoms with Crippen molar-refractivity contribution < 1.29 is 19.1 Å². The van der Waals surface area contributed by atoms with Gasteiger partial charge in [-0.2, -0.15) is 0 Å². The molecule has 2 aliphatic rings. The summed E-state index contributed by atoms with van der Waals surface area (Å²) < 4.78 is 10.6. The van der Waals surface area contributed by atoms with Gasteiger partial charge in [0.2, 0.25) is 18.6 Å². The summed E-state index contributed by atoms with van der Waals surface area (Å²) in [5.74, 6) is 1.41. The van der Waals surface area contributed by atoms with Crippen molar-refractivity contribution in [1.82, 2.24) is 10.2 Å². The van der Waals surface area contributed by atoms with Gasteiger partial charge in [0, 0.05) is 33.0 Å². The number of carbonyl (C=O) groups is 2. The first kappa shape index (κ1) is 19.3. The lowest BCUT2D eigenvalue weighted by Crippen LogP contribution is -2.34. The van der Waals surface area contributed by atoms with Crippen molar-refractivity contribution in [3.63, 3.8) is 0 Å². The van der Waals surface area contributed by atoms with Crippen LogP contribution in [-0.2, 0) is 16.1 Å². The van der Waals surface area contributed by atoms with Crippen LogP contribution in [0.25, 0.3) is 0 Å². The number of ether oxygens (including phenoxy) is 2. The number of hydrogen-bond acceptors (Lipinski definition) is 4. The third-order valence-corrected chi connectivity index (χ3v) is 5.07. The maximum absolute atomic E-state index is 12.2. The van der Waals surface area contributed by atoms with Gasteiger partial charge in [-0.05, 0) is 49.8 Å². The molecule has 3 rings (SSSR count). The van der Waals surface area contributed by atoms with Crippen molar-refractivity contribution in [2.75, 3.05) is 19.9 Å². The summed E-state index contributed by atoms with van der Waals surface area (Å²) in [6.07, 6.45) is 8.33. The van der Waals surface area contributed by atoms with Crippen LogP contribution in [0.3, 0.4) is 0 Å². The smallest absolute Gasteiger partial charge is 0.231 e. The molecule has 1 aliphatic heterocycles. The molecule has 6 nitrogen and oxygen atoms in total. The molecule has 0 atom stereocenters. The topological polar surface area (TPSA) is 67.9 Å². The molecule has 1 aromatic carbocycles. The minimum absolute atomic E-state index is 0.0231. The van der Waals surface area contributed by atoms with Crippen molar-refractivity contribution in [1.29, 1.82) is 0 Å². The molecule has 0 bridgehead atoms. The maximum atomic E-state index is 12.2. The Hall–Kier alpha value is -2.50. The molecule has 2 amide bonds. The fraction of sp³-hybridized carbons (Fsp3) is 0.524. The van der Waals surface area contributed by atoms with Crippen LogP contribution in [0, 0.1) is 0 Å². The van der Waals surface area contributed by atoms with Gasteiger partial charge in [-0.25, -0.2) is 0 Å². The van der Waals surface area contributed by atoms with Crippen molar-refractivity contribution in [2.24, 2.45) is 0 Å². The van der Waals surface area contributed by atoms with Gasteiger partial charge in [-0.1, -0.05) is 17.7 Å². The first-order chi connectivity index (χ1) is 13.1. The molecule has 0 radical (unpaired) electrons. The van der Waals surface area contributed by atoms with E-state index in [9.17, 15) is 9.59 Å². The van der Waals surface area contributed by atoms with Gasteiger partial charge >= 0.3 is 0 Å². The molecular formula is C21H28N2O4. The Balaban J connectivity index is 1.40. The molecule has 1 N–H and O–H groups in total. The quantitative estimate of drug-likeness (QED) is 0.712. The minimum Gasteiger partial charge on any atom is -0.454 e. The average Bonchev–Trinajstić information content (AvgIpc) is 3.14. The predicted molar refractivity (Wildman–Crippen MR) is 102 cm³/mol. The predicted octanol–water partition coefficient (Wildman–Crippen LogP) is 3.16. The van der Waals surface area contributed by atoms with E-state index in [1.54, 1.807) is 11.8 Å². The molecule has 1 heterocycles. The van der Waals surface area contributed by atoms with Gasteiger partial charge in [0.15, 0.2) is 11.5 Å². The highest BCUT2D eigenvalue weighted by Gasteiger charge is 2.15. The summed E-state index contributed by atoms with van der Waals surface area (Å²) in [5, 5.41) is 2.91. The van der Waals surface area contributed by atoms with E-state index < -0.39 is 0 Å². The Morgan fingerprint density at radius 2 is 2.00 bits per heavy atom. The van der Waals surface area contributed by atoms with Crippen LogP contribution in [0.15, 0.2) is 29.8 Å². The normalized spacial score (nSPS) is 15.2. The Morgan fingerprint density at radius 3 is 2.78 bits per heavy atom. The van der Waals surface area contributed by atoms with E-state index in [2.05, 4.69) is 11.4 Å². The molecular weight excluding hydrogens is 344 g/mol. The summed E-state index contributed by atoms with van der Waals surface area (Å²) in [5.41, 5.74) is 2.40. The number of fused-ring (bicyclic) bond motifs is 1. The molecule has 0 saturated carbocycles. The zero-order valence-electron chi connectivity index (χ0n) is 16.0.